The molecule has 1 heterocycles. The lowest BCUT2D eigenvalue weighted by atomic mass is 10.1. The van der Waals surface area contributed by atoms with Gasteiger partial charge in [-0.3, -0.25) is 9.78 Å². The smallest absolute Gasteiger partial charge is 0.242 e. The van der Waals surface area contributed by atoms with Crippen LogP contribution in [0.25, 0.3) is 5.03 Å². The summed E-state index contributed by atoms with van der Waals surface area (Å²) in [6.07, 6.45) is 4.92. The number of Topliss-reactive ketones (excluding diaryl/α,β-unsaturated/α-hetero) is 1. The molecule has 2 rings (SSSR count). The maximum atomic E-state index is 12.1. The van der Waals surface area contributed by atoms with Gasteiger partial charge in [0.25, 0.3) is 0 Å². The molecule has 1 aromatic heterocycles. The number of ketones is 1. The Labute approximate surface area is 110 Å². The van der Waals surface area contributed by atoms with Crippen LogP contribution in [0.3, 0.4) is 0 Å². The van der Waals surface area contributed by atoms with E-state index < -0.39 is 0 Å². The Morgan fingerprint density at radius 2 is 2.06 bits per heavy atom. The molecule has 0 aliphatic heterocycles. The summed E-state index contributed by atoms with van der Waals surface area (Å²) in [6, 6.07) is 9.14. The molecule has 4 heteroatoms. The zero-order chi connectivity index (χ0) is 13.0. The van der Waals surface area contributed by atoms with Gasteiger partial charge in [0.1, 0.15) is 11.2 Å². The molecule has 1 aromatic carbocycles. The highest BCUT2D eigenvalue weighted by molar-refractivity contribution is 6.47. The highest BCUT2D eigenvalue weighted by Gasteiger charge is 2.17. The predicted molar refractivity (Wildman–Crippen MR) is 70.1 cm³/mol. The lowest BCUT2D eigenvalue weighted by Gasteiger charge is -2.01. The topological polar surface area (TPSA) is 33.8 Å². The van der Waals surface area contributed by atoms with Crippen LogP contribution in [-0.2, 0) is 6.54 Å². The second-order valence-electron chi connectivity index (χ2n) is 3.78. The van der Waals surface area contributed by atoms with Crippen molar-refractivity contribution in [2.75, 3.05) is 0 Å². The first-order valence-electron chi connectivity index (χ1n) is 5.45. The summed E-state index contributed by atoms with van der Waals surface area (Å²) < 4.78 is 1.73. The van der Waals surface area contributed by atoms with E-state index in [1.165, 1.54) is 0 Å². The number of hydrogen-bond acceptors (Lipinski definition) is 2. The maximum Gasteiger partial charge on any atom is 0.242 e. The molecule has 0 N–H and O–H groups in total. The molecule has 0 aliphatic carbocycles. The van der Waals surface area contributed by atoms with Crippen LogP contribution in [-0.4, -0.2) is 10.8 Å². The van der Waals surface area contributed by atoms with Gasteiger partial charge in [-0.15, -0.1) is 0 Å². The van der Waals surface area contributed by atoms with E-state index in [0.29, 0.717) is 16.3 Å². The van der Waals surface area contributed by atoms with Gasteiger partial charge >= 0.3 is 0 Å². The molecule has 0 saturated heterocycles. The van der Waals surface area contributed by atoms with Crippen LogP contribution in [0.5, 0.6) is 0 Å². The first-order valence-corrected chi connectivity index (χ1v) is 5.83. The van der Waals surface area contributed by atoms with Crippen LogP contribution in [0, 0.1) is 0 Å². The van der Waals surface area contributed by atoms with Crippen molar-refractivity contribution in [3.8, 4) is 0 Å². The summed E-state index contributed by atoms with van der Waals surface area (Å²) in [4.78, 5) is 16.0. The van der Waals surface area contributed by atoms with Gasteiger partial charge in [-0.1, -0.05) is 48.5 Å². The van der Waals surface area contributed by atoms with Crippen molar-refractivity contribution in [2.24, 2.45) is 0 Å². The molecular weight excluding hydrogens is 248 g/mol. The van der Waals surface area contributed by atoms with Crippen molar-refractivity contribution in [2.45, 2.75) is 6.54 Å². The molecule has 0 saturated carbocycles. The van der Waals surface area contributed by atoms with Gasteiger partial charge in [0, 0.05) is 5.56 Å². The summed E-state index contributed by atoms with van der Waals surface area (Å²) in [6.45, 7) is 3.88. The zero-order valence-corrected chi connectivity index (χ0v) is 10.5. The second kappa shape index (κ2) is 5.56. The Morgan fingerprint density at radius 1 is 1.33 bits per heavy atom. The molecule has 0 bridgehead atoms. The molecule has 2 aromatic rings. The lowest BCUT2D eigenvalue weighted by molar-refractivity contribution is -0.685. The minimum atomic E-state index is 0.0194. The first-order chi connectivity index (χ1) is 8.68. The Bertz CT molecular complexity index is 581. The van der Waals surface area contributed by atoms with E-state index in [1.807, 2.05) is 18.2 Å². The number of carbonyl (C=O) groups is 1. The largest absolute Gasteiger partial charge is 0.287 e. The number of carbonyl (C=O) groups excluding carboxylic acids is 1. The van der Waals surface area contributed by atoms with Gasteiger partial charge in [-0.25, -0.2) is 0 Å². The number of rotatable bonds is 4. The van der Waals surface area contributed by atoms with E-state index in [4.69, 9.17) is 11.6 Å². The van der Waals surface area contributed by atoms with Crippen LogP contribution in [0.4, 0.5) is 0 Å². The quantitative estimate of drug-likeness (QED) is 0.624. The number of halogens is 1. The minimum Gasteiger partial charge on any atom is -0.287 e. The van der Waals surface area contributed by atoms with Crippen molar-refractivity contribution < 1.29 is 9.36 Å². The van der Waals surface area contributed by atoms with Gasteiger partial charge < -0.3 is 0 Å². The summed E-state index contributed by atoms with van der Waals surface area (Å²) in [5.74, 6) is 0.0194. The highest BCUT2D eigenvalue weighted by atomic mass is 35.5. The number of benzene rings is 1. The van der Waals surface area contributed by atoms with Gasteiger partial charge in [0.05, 0.1) is 6.20 Å². The van der Waals surface area contributed by atoms with Crippen LogP contribution >= 0.6 is 11.6 Å². The van der Waals surface area contributed by atoms with Gasteiger partial charge in [-0.05, 0) is 0 Å². The van der Waals surface area contributed by atoms with E-state index in [0.717, 1.165) is 0 Å². The Morgan fingerprint density at radius 3 is 2.72 bits per heavy atom. The summed E-state index contributed by atoms with van der Waals surface area (Å²) in [5, 5.41) is 0.365. The van der Waals surface area contributed by atoms with Crippen molar-refractivity contribution in [1.29, 1.82) is 0 Å². The van der Waals surface area contributed by atoms with E-state index in [9.17, 15) is 4.79 Å². The van der Waals surface area contributed by atoms with Gasteiger partial charge in [0.15, 0.2) is 6.20 Å². The fourth-order valence-corrected chi connectivity index (χ4v) is 1.78. The average molecular weight is 260 g/mol. The lowest BCUT2D eigenvalue weighted by Crippen LogP contribution is -2.41. The fraction of sp³-hybridized carbons (Fsp3) is 0.0714. The molecule has 0 fully saturated rings. The SMILES string of the molecule is C=C(Cl)c1cncc[n+]1CC(=O)c1ccccc1. The Hall–Kier alpha value is -2.00. The average Bonchev–Trinajstić information content (AvgIpc) is 2.40. The molecule has 0 amide bonds. The van der Waals surface area contributed by atoms with Crippen molar-refractivity contribution in [3.63, 3.8) is 0 Å². The molecule has 90 valence electrons. The van der Waals surface area contributed by atoms with E-state index >= 15 is 0 Å². The minimum absolute atomic E-state index is 0.0194. The highest BCUT2D eigenvalue weighted by Crippen LogP contribution is 2.10. The molecule has 18 heavy (non-hydrogen) atoms. The molecule has 3 nitrogen and oxygen atoms in total. The summed E-state index contributed by atoms with van der Waals surface area (Å²) in [7, 11) is 0. The standard InChI is InChI=1S/C14H12ClN2O/c1-11(15)13-9-16-7-8-17(13)10-14(18)12-5-3-2-4-6-12/h2-9H,1,10H2/q+1. The van der Waals surface area contributed by atoms with Gasteiger partial charge in [0.2, 0.25) is 18.0 Å². The Kier molecular flexibility index (Phi) is 3.85. The van der Waals surface area contributed by atoms with E-state index in [1.54, 1.807) is 35.3 Å². The molecular formula is C14H12ClN2O+. The number of aromatic nitrogens is 2. The third kappa shape index (κ3) is 2.81. The summed E-state index contributed by atoms with van der Waals surface area (Å²) in [5.41, 5.74) is 1.32. The van der Waals surface area contributed by atoms with E-state index in [-0.39, 0.29) is 12.3 Å². The maximum absolute atomic E-state index is 12.1. The predicted octanol–water partition coefficient (Wildman–Crippen LogP) is 2.46. The van der Waals surface area contributed by atoms with Gasteiger partial charge in [-0.2, -0.15) is 4.57 Å². The van der Waals surface area contributed by atoms with Crippen LogP contribution in [0.2, 0.25) is 0 Å². The molecule has 0 atom stereocenters. The zero-order valence-electron chi connectivity index (χ0n) is 9.71. The molecule has 0 spiro atoms. The third-order valence-electron chi connectivity index (χ3n) is 2.53. The van der Waals surface area contributed by atoms with Crippen LogP contribution in [0.15, 0.2) is 55.5 Å². The first kappa shape index (κ1) is 12.5. The third-order valence-corrected chi connectivity index (χ3v) is 2.72. The normalized spacial score (nSPS) is 10.1. The van der Waals surface area contributed by atoms with E-state index in [2.05, 4.69) is 11.6 Å². The molecule has 0 aliphatic rings. The van der Waals surface area contributed by atoms with Crippen molar-refractivity contribution in [1.82, 2.24) is 4.98 Å². The monoisotopic (exact) mass is 259 g/mol. The van der Waals surface area contributed by atoms with Crippen LogP contribution in [0.1, 0.15) is 16.1 Å². The Balaban J connectivity index is 2.25. The fourth-order valence-electron chi connectivity index (χ4n) is 1.62. The molecule has 0 unspecified atom stereocenters. The number of hydrogen-bond donors (Lipinski definition) is 0. The van der Waals surface area contributed by atoms with Crippen molar-refractivity contribution in [3.05, 3.63) is 66.8 Å². The van der Waals surface area contributed by atoms with Crippen molar-refractivity contribution >= 4 is 22.4 Å². The number of nitrogens with zero attached hydrogens (tertiary/aromatic N) is 2. The molecule has 0 radical (unpaired) electrons. The van der Waals surface area contributed by atoms with Crippen LogP contribution < -0.4 is 4.57 Å². The summed E-state index contributed by atoms with van der Waals surface area (Å²) >= 11 is 5.87. The second-order valence-corrected chi connectivity index (χ2v) is 4.24.